The molecule has 0 bridgehead atoms. The fourth-order valence-corrected chi connectivity index (χ4v) is 9.11. The number of fused-ring (bicyclic) bond motifs is 17. The topological polar surface area (TPSA) is 0 Å². The third-order valence-electron chi connectivity index (χ3n) is 10.1. The van der Waals surface area contributed by atoms with Crippen molar-refractivity contribution in [2.45, 2.75) is 36.5 Å². The zero-order valence-corrected chi connectivity index (χ0v) is 19.2. The summed E-state index contributed by atoms with van der Waals surface area (Å²) in [5.41, 5.74) is 15.6. The monoisotopic (exact) mass is 434 g/mol. The summed E-state index contributed by atoms with van der Waals surface area (Å²) in [6.45, 7) is 0. The van der Waals surface area contributed by atoms with Gasteiger partial charge in [-0.25, -0.2) is 0 Å². The molecule has 5 aliphatic rings. The molecule has 9 rings (SSSR count). The molecule has 34 heavy (non-hydrogen) atoms. The Kier molecular flexibility index (Phi) is 3.18. The van der Waals surface area contributed by atoms with Crippen LogP contribution in [-0.2, 0) is 18.3 Å². The van der Waals surface area contributed by atoms with Crippen molar-refractivity contribution < 1.29 is 0 Å². The van der Waals surface area contributed by atoms with Crippen LogP contribution in [0.5, 0.6) is 0 Å². The Morgan fingerprint density at radius 3 is 2.15 bits per heavy atom. The molecule has 0 N–H and O–H groups in total. The van der Waals surface area contributed by atoms with Gasteiger partial charge in [0.25, 0.3) is 0 Å². The van der Waals surface area contributed by atoms with Gasteiger partial charge in [-0.15, -0.1) is 0 Å². The molecule has 1 spiro atoms. The maximum Gasteiger partial charge on any atom is 0.0503 e. The Morgan fingerprint density at radius 1 is 0.647 bits per heavy atom. The summed E-state index contributed by atoms with van der Waals surface area (Å²) in [6.07, 6.45) is 8.46. The second-order valence-electron chi connectivity index (χ2n) is 11.1. The number of aryl methyl sites for hydroxylation is 1. The normalized spacial score (nSPS) is 27.2. The first kappa shape index (κ1) is 18.0. The number of hydrogen-bond acceptors (Lipinski definition) is 0. The van der Waals surface area contributed by atoms with E-state index in [1.54, 1.807) is 44.5 Å². The molecule has 162 valence electrons. The first-order valence-corrected chi connectivity index (χ1v) is 13.0. The largest absolute Gasteiger partial charge is 0.0836 e. The molecule has 0 heteroatoms. The van der Waals surface area contributed by atoms with Gasteiger partial charge in [-0.3, -0.25) is 0 Å². The van der Waals surface area contributed by atoms with E-state index < -0.39 is 0 Å². The van der Waals surface area contributed by atoms with Crippen LogP contribution in [0.25, 0.3) is 17.2 Å². The van der Waals surface area contributed by atoms with Crippen molar-refractivity contribution in [3.63, 3.8) is 0 Å². The van der Waals surface area contributed by atoms with Gasteiger partial charge in [-0.05, 0) is 98.6 Å². The lowest BCUT2D eigenvalue weighted by atomic mass is 9.49. The lowest BCUT2D eigenvalue weighted by molar-refractivity contribution is 0.0820. The molecule has 4 aromatic rings. The van der Waals surface area contributed by atoms with E-state index in [-0.39, 0.29) is 5.41 Å². The van der Waals surface area contributed by atoms with Gasteiger partial charge in [-0.2, -0.15) is 0 Å². The van der Waals surface area contributed by atoms with E-state index >= 15 is 0 Å². The van der Waals surface area contributed by atoms with E-state index in [9.17, 15) is 0 Å². The summed E-state index contributed by atoms with van der Waals surface area (Å²) < 4.78 is 0. The van der Waals surface area contributed by atoms with Crippen LogP contribution in [0.15, 0.2) is 91.0 Å². The molecular formula is C34H26. The van der Waals surface area contributed by atoms with Gasteiger partial charge in [0.15, 0.2) is 0 Å². The Hall–Kier alpha value is -3.38. The second-order valence-corrected chi connectivity index (χ2v) is 11.1. The van der Waals surface area contributed by atoms with Gasteiger partial charge in [-0.1, -0.05) is 97.1 Å². The quantitative estimate of drug-likeness (QED) is 0.267. The van der Waals surface area contributed by atoms with Crippen molar-refractivity contribution >= 4 is 6.08 Å². The maximum absolute atomic E-state index is 2.51. The first-order chi connectivity index (χ1) is 16.9. The average molecular weight is 435 g/mol. The van der Waals surface area contributed by atoms with Crippen molar-refractivity contribution in [3.8, 4) is 11.1 Å². The molecule has 1 unspecified atom stereocenters. The molecule has 0 aliphatic heterocycles. The van der Waals surface area contributed by atoms with E-state index in [2.05, 4.69) is 97.1 Å². The van der Waals surface area contributed by atoms with Crippen LogP contribution < -0.4 is 0 Å². The Bertz CT molecular complexity index is 1520. The molecule has 0 nitrogen and oxygen atoms in total. The lowest BCUT2D eigenvalue weighted by Crippen LogP contribution is -2.48. The number of allylic oxidation sites excluding steroid dienone is 1. The third-order valence-corrected chi connectivity index (χ3v) is 10.1. The molecular weight excluding hydrogens is 408 g/mol. The van der Waals surface area contributed by atoms with E-state index in [0.29, 0.717) is 23.7 Å². The van der Waals surface area contributed by atoms with Crippen LogP contribution in [0.4, 0.5) is 0 Å². The Balaban J connectivity index is 1.33. The number of benzene rings is 4. The van der Waals surface area contributed by atoms with Gasteiger partial charge in [0.05, 0.1) is 5.41 Å². The second kappa shape index (κ2) is 5.99. The van der Waals surface area contributed by atoms with Crippen LogP contribution in [0.3, 0.4) is 0 Å². The summed E-state index contributed by atoms with van der Waals surface area (Å²) in [6, 6.07) is 33.0. The van der Waals surface area contributed by atoms with Gasteiger partial charge < -0.3 is 0 Å². The molecule has 4 aromatic carbocycles. The highest BCUT2D eigenvalue weighted by molar-refractivity contribution is 5.86. The predicted molar refractivity (Wildman–Crippen MR) is 138 cm³/mol. The van der Waals surface area contributed by atoms with Crippen molar-refractivity contribution in [2.75, 3.05) is 0 Å². The minimum Gasteiger partial charge on any atom is -0.0836 e. The number of rotatable bonds is 0. The summed E-state index contributed by atoms with van der Waals surface area (Å²) in [5, 5.41) is 0. The van der Waals surface area contributed by atoms with Crippen molar-refractivity contribution in [1.29, 1.82) is 0 Å². The van der Waals surface area contributed by atoms with Crippen LogP contribution >= 0.6 is 0 Å². The summed E-state index contributed by atoms with van der Waals surface area (Å²) >= 11 is 0. The van der Waals surface area contributed by atoms with Crippen molar-refractivity contribution in [3.05, 3.63) is 136 Å². The summed E-state index contributed by atoms with van der Waals surface area (Å²) in [4.78, 5) is 0. The number of hydrogen-bond donors (Lipinski definition) is 0. The van der Waals surface area contributed by atoms with Crippen LogP contribution in [-0.4, -0.2) is 0 Å². The molecule has 4 atom stereocenters. The smallest absolute Gasteiger partial charge is 0.0503 e. The Labute approximate surface area is 201 Å². The van der Waals surface area contributed by atoms with Crippen LogP contribution in [0.1, 0.15) is 62.8 Å². The van der Waals surface area contributed by atoms with E-state index in [1.165, 1.54) is 30.4 Å². The highest BCUT2D eigenvalue weighted by Crippen LogP contribution is 2.77. The van der Waals surface area contributed by atoms with Crippen molar-refractivity contribution in [1.82, 2.24) is 0 Å². The van der Waals surface area contributed by atoms with E-state index in [1.807, 2.05) is 0 Å². The maximum atomic E-state index is 2.51. The molecule has 1 fully saturated rings. The molecule has 0 amide bonds. The zero-order valence-electron chi connectivity index (χ0n) is 19.2. The zero-order chi connectivity index (χ0) is 22.0. The molecule has 0 aromatic heterocycles. The molecule has 0 heterocycles. The van der Waals surface area contributed by atoms with Crippen molar-refractivity contribution in [2.24, 2.45) is 11.8 Å². The fraction of sp³-hybridized carbons (Fsp3) is 0.235. The van der Waals surface area contributed by atoms with Gasteiger partial charge in [0.1, 0.15) is 0 Å². The third kappa shape index (κ3) is 1.82. The average Bonchev–Trinajstić information content (AvgIpc) is 3.46. The standard InChI is InChI=1S/C34H26/c1-2-10-21-20(9-1)17-18-24-26(21)19-27-31(24)32-25-13-5-8-16-30(25)34(33(27)32)28-14-6-3-11-22(28)23-12-4-7-15-29(23)34/h2-8,10-18,27,31-33H,1,9,19H2/t27-,31+,32?,33-/m0/s1. The van der Waals surface area contributed by atoms with Gasteiger partial charge >= 0.3 is 0 Å². The summed E-state index contributed by atoms with van der Waals surface area (Å²) in [5.74, 6) is 2.64. The fourth-order valence-electron chi connectivity index (χ4n) is 9.11. The van der Waals surface area contributed by atoms with Gasteiger partial charge in [0, 0.05) is 0 Å². The minimum atomic E-state index is -0.00639. The van der Waals surface area contributed by atoms with E-state index in [0.717, 1.165) is 0 Å². The molecule has 1 saturated carbocycles. The highest BCUT2D eigenvalue weighted by atomic mass is 14.7. The van der Waals surface area contributed by atoms with Crippen LogP contribution in [0, 0.1) is 11.8 Å². The SMILES string of the molecule is C1=Cc2c(ccc3c2C[C@@H]2[C@H]4C(c5ccccc5C45c4ccccc4-c4ccccc45)[C@H]32)CC1. The Morgan fingerprint density at radius 2 is 1.35 bits per heavy atom. The van der Waals surface area contributed by atoms with E-state index in [4.69, 9.17) is 0 Å². The molecule has 0 radical (unpaired) electrons. The molecule has 5 aliphatic carbocycles. The molecule has 0 saturated heterocycles. The van der Waals surface area contributed by atoms with Gasteiger partial charge in [0.2, 0.25) is 0 Å². The van der Waals surface area contributed by atoms with Crippen LogP contribution in [0.2, 0.25) is 0 Å². The highest BCUT2D eigenvalue weighted by Gasteiger charge is 2.69. The first-order valence-electron chi connectivity index (χ1n) is 13.0. The lowest BCUT2D eigenvalue weighted by Gasteiger charge is -2.52. The minimum absolute atomic E-state index is 0.00639. The predicted octanol–water partition coefficient (Wildman–Crippen LogP) is 7.64. The summed E-state index contributed by atoms with van der Waals surface area (Å²) in [7, 11) is 0.